The fourth-order valence-corrected chi connectivity index (χ4v) is 2.60. The highest BCUT2D eigenvalue weighted by atomic mass is 16.6. The zero-order valence-corrected chi connectivity index (χ0v) is 14.8. The van der Waals surface area contributed by atoms with Gasteiger partial charge in [0.1, 0.15) is 5.60 Å². The highest BCUT2D eigenvalue weighted by Crippen LogP contribution is 2.28. The van der Waals surface area contributed by atoms with Crippen LogP contribution in [0.25, 0.3) is 5.57 Å². The van der Waals surface area contributed by atoms with E-state index in [2.05, 4.69) is 48.7 Å². The maximum Gasteiger partial charge on any atom is 0.408 e. The molecule has 0 aromatic heterocycles. The number of ether oxygens (including phenoxy) is 1. The number of hydrogen-bond acceptors (Lipinski definition) is 2. The molecule has 1 aliphatic carbocycles. The molecule has 1 aromatic rings. The largest absolute Gasteiger partial charge is 0.444 e. The SMILES string of the molecule is CCc1cccc(C2=CCC([C@H](C)NC(=O)OC(C)(C)C)=C2)c1. The van der Waals surface area contributed by atoms with Crippen LogP contribution < -0.4 is 5.32 Å². The summed E-state index contributed by atoms with van der Waals surface area (Å²) < 4.78 is 5.32. The summed E-state index contributed by atoms with van der Waals surface area (Å²) in [5.41, 5.74) is 4.53. The van der Waals surface area contributed by atoms with Crippen LogP contribution in [0.4, 0.5) is 4.79 Å². The van der Waals surface area contributed by atoms with Gasteiger partial charge in [-0.3, -0.25) is 0 Å². The predicted molar refractivity (Wildman–Crippen MR) is 95.3 cm³/mol. The van der Waals surface area contributed by atoms with Crippen LogP contribution in [0.2, 0.25) is 0 Å². The van der Waals surface area contributed by atoms with Crippen LogP contribution in [-0.4, -0.2) is 17.7 Å². The molecule has 1 aliphatic rings. The van der Waals surface area contributed by atoms with Crippen molar-refractivity contribution in [1.82, 2.24) is 5.32 Å². The van der Waals surface area contributed by atoms with Crippen molar-refractivity contribution < 1.29 is 9.53 Å². The first-order chi connectivity index (χ1) is 10.8. The van der Waals surface area contributed by atoms with Crippen LogP contribution in [0.5, 0.6) is 0 Å². The van der Waals surface area contributed by atoms with Crippen molar-refractivity contribution in [2.45, 2.75) is 59.1 Å². The molecule has 0 radical (unpaired) electrons. The first-order valence-corrected chi connectivity index (χ1v) is 8.28. The normalized spacial score (nSPS) is 15.7. The first kappa shape index (κ1) is 17.3. The molecule has 124 valence electrons. The van der Waals surface area contributed by atoms with Crippen LogP contribution in [0.1, 0.15) is 52.2 Å². The maximum absolute atomic E-state index is 11.9. The number of hydrogen-bond donors (Lipinski definition) is 1. The third-order valence-corrected chi connectivity index (χ3v) is 3.86. The first-order valence-electron chi connectivity index (χ1n) is 8.28. The van der Waals surface area contributed by atoms with Crippen molar-refractivity contribution in [3.8, 4) is 0 Å². The van der Waals surface area contributed by atoms with Crippen molar-refractivity contribution in [1.29, 1.82) is 0 Å². The fourth-order valence-electron chi connectivity index (χ4n) is 2.60. The molecule has 3 heteroatoms. The Bertz CT molecular complexity index is 635. The van der Waals surface area contributed by atoms with Crippen LogP contribution in [-0.2, 0) is 11.2 Å². The average Bonchev–Trinajstić information content (AvgIpc) is 2.95. The lowest BCUT2D eigenvalue weighted by molar-refractivity contribution is 0.0515. The van der Waals surface area contributed by atoms with E-state index in [0.29, 0.717) is 0 Å². The number of carbonyl (C=O) groups excluding carboxylic acids is 1. The number of nitrogens with one attached hydrogen (secondary N) is 1. The molecule has 0 saturated carbocycles. The Hall–Kier alpha value is -2.03. The number of alkyl carbamates (subject to hydrolysis) is 1. The molecule has 0 spiro atoms. The standard InChI is InChI=1S/C20H27NO2/c1-6-15-8-7-9-17(12-15)18-11-10-16(13-18)14(2)21-19(22)23-20(3,4)5/h7-9,11-14H,6,10H2,1-5H3,(H,21,22)/t14-/m0/s1. The summed E-state index contributed by atoms with van der Waals surface area (Å²) in [7, 11) is 0. The Balaban J connectivity index is 2.01. The number of carbonyl (C=O) groups is 1. The summed E-state index contributed by atoms with van der Waals surface area (Å²) in [6, 6.07) is 8.58. The van der Waals surface area contributed by atoms with Crippen LogP contribution in [0.3, 0.4) is 0 Å². The van der Waals surface area contributed by atoms with Gasteiger partial charge in [-0.1, -0.05) is 43.3 Å². The third-order valence-electron chi connectivity index (χ3n) is 3.86. The quantitative estimate of drug-likeness (QED) is 0.860. The zero-order chi connectivity index (χ0) is 17.0. The third kappa shape index (κ3) is 4.98. The van der Waals surface area contributed by atoms with Gasteiger partial charge < -0.3 is 10.1 Å². The Labute approximate surface area is 139 Å². The lowest BCUT2D eigenvalue weighted by Crippen LogP contribution is -2.38. The minimum Gasteiger partial charge on any atom is -0.444 e. The van der Waals surface area contributed by atoms with E-state index in [1.165, 1.54) is 22.3 Å². The van der Waals surface area contributed by atoms with Gasteiger partial charge in [0.2, 0.25) is 0 Å². The van der Waals surface area contributed by atoms with Gasteiger partial charge in [0.05, 0.1) is 6.04 Å². The second kappa shape index (κ2) is 7.03. The van der Waals surface area contributed by atoms with Crippen molar-refractivity contribution in [2.75, 3.05) is 0 Å². The monoisotopic (exact) mass is 313 g/mol. The average molecular weight is 313 g/mol. The molecule has 1 amide bonds. The van der Waals surface area contributed by atoms with Crippen LogP contribution in [0.15, 0.2) is 42.0 Å². The second-order valence-electron chi connectivity index (χ2n) is 7.00. The predicted octanol–water partition coefficient (Wildman–Crippen LogP) is 4.88. The number of allylic oxidation sites excluding steroid dienone is 3. The molecule has 0 aliphatic heterocycles. The number of amides is 1. The molecular formula is C20H27NO2. The topological polar surface area (TPSA) is 38.3 Å². The van der Waals surface area contributed by atoms with Gasteiger partial charge in [-0.05, 0) is 62.8 Å². The summed E-state index contributed by atoms with van der Waals surface area (Å²) in [5.74, 6) is 0. The molecule has 1 N–H and O–H groups in total. The lowest BCUT2D eigenvalue weighted by atomic mass is 10.0. The van der Waals surface area contributed by atoms with Gasteiger partial charge in [0.25, 0.3) is 0 Å². The summed E-state index contributed by atoms with van der Waals surface area (Å²) in [6.07, 6.45) is 5.93. The molecule has 0 saturated heterocycles. The Kier molecular flexibility index (Phi) is 5.30. The van der Waals surface area contributed by atoms with Crippen LogP contribution in [0, 0.1) is 0 Å². The Morgan fingerprint density at radius 1 is 1.35 bits per heavy atom. The smallest absolute Gasteiger partial charge is 0.408 e. The van der Waals surface area contributed by atoms with Gasteiger partial charge in [-0.25, -0.2) is 4.79 Å². The van der Waals surface area contributed by atoms with E-state index in [1.54, 1.807) is 0 Å². The van der Waals surface area contributed by atoms with E-state index < -0.39 is 5.60 Å². The van der Waals surface area contributed by atoms with E-state index in [4.69, 9.17) is 4.74 Å². The highest BCUT2D eigenvalue weighted by molar-refractivity contribution is 5.78. The fraction of sp³-hybridized carbons (Fsp3) is 0.450. The van der Waals surface area contributed by atoms with Crippen molar-refractivity contribution in [3.05, 3.63) is 53.1 Å². The second-order valence-corrected chi connectivity index (χ2v) is 7.00. The lowest BCUT2D eigenvalue weighted by Gasteiger charge is -2.22. The molecule has 0 fully saturated rings. The molecular weight excluding hydrogens is 286 g/mol. The summed E-state index contributed by atoms with van der Waals surface area (Å²) >= 11 is 0. The molecule has 1 atom stereocenters. The highest BCUT2D eigenvalue weighted by Gasteiger charge is 2.20. The summed E-state index contributed by atoms with van der Waals surface area (Å²) in [4.78, 5) is 11.9. The molecule has 3 nitrogen and oxygen atoms in total. The zero-order valence-electron chi connectivity index (χ0n) is 14.8. The minimum absolute atomic E-state index is 0.0343. The Morgan fingerprint density at radius 2 is 2.09 bits per heavy atom. The van der Waals surface area contributed by atoms with E-state index in [0.717, 1.165) is 12.8 Å². The van der Waals surface area contributed by atoms with Gasteiger partial charge in [-0.15, -0.1) is 0 Å². The van der Waals surface area contributed by atoms with E-state index in [-0.39, 0.29) is 12.1 Å². The number of rotatable bonds is 4. The summed E-state index contributed by atoms with van der Waals surface area (Å²) in [5, 5.41) is 2.91. The van der Waals surface area contributed by atoms with E-state index in [1.807, 2.05) is 27.7 Å². The van der Waals surface area contributed by atoms with Crippen molar-refractivity contribution >= 4 is 11.7 Å². The van der Waals surface area contributed by atoms with Gasteiger partial charge in [0.15, 0.2) is 0 Å². The van der Waals surface area contributed by atoms with Crippen LogP contribution >= 0.6 is 0 Å². The van der Waals surface area contributed by atoms with Gasteiger partial charge in [0, 0.05) is 0 Å². The molecule has 0 unspecified atom stereocenters. The van der Waals surface area contributed by atoms with E-state index >= 15 is 0 Å². The van der Waals surface area contributed by atoms with Gasteiger partial charge >= 0.3 is 6.09 Å². The summed E-state index contributed by atoms with van der Waals surface area (Å²) in [6.45, 7) is 9.76. The molecule has 23 heavy (non-hydrogen) atoms. The van der Waals surface area contributed by atoms with Gasteiger partial charge in [-0.2, -0.15) is 0 Å². The number of aryl methyl sites for hydroxylation is 1. The molecule has 2 rings (SSSR count). The molecule has 0 heterocycles. The molecule has 1 aromatic carbocycles. The molecule has 0 bridgehead atoms. The van der Waals surface area contributed by atoms with E-state index in [9.17, 15) is 4.79 Å². The van der Waals surface area contributed by atoms with Crippen molar-refractivity contribution in [2.24, 2.45) is 0 Å². The maximum atomic E-state index is 11.9. The Morgan fingerprint density at radius 3 is 2.74 bits per heavy atom. The van der Waals surface area contributed by atoms with Crippen molar-refractivity contribution in [3.63, 3.8) is 0 Å². The minimum atomic E-state index is -0.474. The number of benzene rings is 1.